The largest absolute Gasteiger partial charge is 0.454 e. The van der Waals surface area contributed by atoms with Gasteiger partial charge in [0, 0.05) is 18.3 Å². The van der Waals surface area contributed by atoms with Crippen molar-refractivity contribution in [1.82, 2.24) is 10.2 Å². The number of anilines is 1. The molecular formula is C17H20F3N3O4. The van der Waals surface area contributed by atoms with Crippen molar-refractivity contribution in [2.75, 3.05) is 38.3 Å². The topological polar surface area (TPSA) is 79.9 Å². The number of ether oxygens (including phenoxy) is 2. The van der Waals surface area contributed by atoms with E-state index in [2.05, 4.69) is 10.6 Å². The summed E-state index contributed by atoms with van der Waals surface area (Å²) >= 11 is 0. The standard InChI is InChI=1S/C17H20F3N3O4/c18-17(19,20)9-23-5-3-11(4-6-23)8-21-15(24)16(25)22-12-1-2-13-14(7-12)27-10-26-13/h1-2,7,11H,3-6,8-10H2,(H,21,24)(H,22,25). The highest BCUT2D eigenvalue weighted by atomic mass is 19.4. The Hall–Kier alpha value is -2.49. The number of alkyl halides is 3. The molecular weight excluding hydrogens is 367 g/mol. The van der Waals surface area contributed by atoms with E-state index in [1.807, 2.05) is 0 Å². The number of carbonyl (C=O) groups excluding carboxylic acids is 2. The van der Waals surface area contributed by atoms with Gasteiger partial charge in [0.25, 0.3) is 0 Å². The number of carbonyl (C=O) groups is 2. The van der Waals surface area contributed by atoms with Gasteiger partial charge in [0.15, 0.2) is 11.5 Å². The van der Waals surface area contributed by atoms with E-state index < -0.39 is 24.5 Å². The van der Waals surface area contributed by atoms with E-state index in [1.165, 1.54) is 4.90 Å². The Morgan fingerprint density at radius 3 is 2.52 bits per heavy atom. The Morgan fingerprint density at radius 1 is 1.11 bits per heavy atom. The Kier molecular flexibility index (Phi) is 5.73. The molecule has 148 valence electrons. The number of amides is 2. The van der Waals surface area contributed by atoms with E-state index in [9.17, 15) is 22.8 Å². The quantitative estimate of drug-likeness (QED) is 0.770. The first-order valence-corrected chi connectivity index (χ1v) is 8.58. The summed E-state index contributed by atoms with van der Waals surface area (Å²) in [5, 5.41) is 5.01. The molecule has 2 aliphatic rings. The molecule has 0 atom stereocenters. The van der Waals surface area contributed by atoms with E-state index in [4.69, 9.17) is 9.47 Å². The van der Waals surface area contributed by atoms with Crippen LogP contribution in [0.1, 0.15) is 12.8 Å². The molecule has 2 amide bonds. The normalized spacial score (nSPS) is 17.6. The number of benzene rings is 1. The lowest BCUT2D eigenvalue weighted by molar-refractivity contribution is -0.148. The first kappa shape index (κ1) is 19.3. The molecule has 0 unspecified atom stereocenters. The number of piperidine rings is 1. The van der Waals surface area contributed by atoms with Crippen molar-refractivity contribution in [2.45, 2.75) is 19.0 Å². The molecule has 2 aliphatic heterocycles. The van der Waals surface area contributed by atoms with E-state index in [-0.39, 0.29) is 19.3 Å². The Bertz CT molecular complexity index is 703. The maximum Gasteiger partial charge on any atom is 0.401 e. The van der Waals surface area contributed by atoms with Gasteiger partial charge < -0.3 is 20.1 Å². The molecule has 0 radical (unpaired) electrons. The number of fused-ring (bicyclic) bond motifs is 1. The third-order valence-electron chi connectivity index (χ3n) is 4.50. The zero-order valence-corrected chi connectivity index (χ0v) is 14.5. The van der Waals surface area contributed by atoms with E-state index in [0.717, 1.165) is 0 Å². The fraction of sp³-hybridized carbons (Fsp3) is 0.529. The molecule has 0 spiro atoms. The number of rotatable bonds is 4. The molecule has 27 heavy (non-hydrogen) atoms. The van der Waals surface area contributed by atoms with Crippen molar-refractivity contribution in [2.24, 2.45) is 5.92 Å². The van der Waals surface area contributed by atoms with Crippen LogP contribution >= 0.6 is 0 Å². The average Bonchev–Trinajstić information content (AvgIpc) is 3.07. The van der Waals surface area contributed by atoms with Gasteiger partial charge in [-0.1, -0.05) is 0 Å². The van der Waals surface area contributed by atoms with Gasteiger partial charge in [0.2, 0.25) is 6.79 Å². The van der Waals surface area contributed by atoms with Crippen molar-refractivity contribution in [3.63, 3.8) is 0 Å². The van der Waals surface area contributed by atoms with Crippen LogP contribution in [0.2, 0.25) is 0 Å². The summed E-state index contributed by atoms with van der Waals surface area (Å²) in [6.07, 6.45) is -3.12. The van der Waals surface area contributed by atoms with E-state index in [0.29, 0.717) is 43.1 Å². The van der Waals surface area contributed by atoms with Crippen LogP contribution in [0.25, 0.3) is 0 Å². The van der Waals surface area contributed by atoms with Crippen LogP contribution in [0, 0.1) is 5.92 Å². The van der Waals surface area contributed by atoms with Crippen LogP contribution in [-0.4, -0.2) is 55.9 Å². The molecule has 10 heteroatoms. The first-order valence-electron chi connectivity index (χ1n) is 8.58. The minimum atomic E-state index is -4.20. The molecule has 1 aromatic rings. The van der Waals surface area contributed by atoms with Gasteiger partial charge in [-0.15, -0.1) is 0 Å². The molecule has 3 rings (SSSR count). The predicted molar refractivity (Wildman–Crippen MR) is 89.4 cm³/mol. The molecule has 7 nitrogen and oxygen atoms in total. The number of hydrogen-bond acceptors (Lipinski definition) is 5. The fourth-order valence-corrected chi connectivity index (χ4v) is 3.08. The number of nitrogens with one attached hydrogen (secondary N) is 2. The molecule has 0 aromatic heterocycles. The summed E-state index contributed by atoms with van der Waals surface area (Å²) in [7, 11) is 0. The third-order valence-corrected chi connectivity index (χ3v) is 4.50. The maximum atomic E-state index is 12.4. The van der Waals surface area contributed by atoms with E-state index in [1.54, 1.807) is 18.2 Å². The second-order valence-corrected chi connectivity index (χ2v) is 6.57. The Labute approximate surface area is 153 Å². The highest BCUT2D eigenvalue weighted by Gasteiger charge is 2.32. The summed E-state index contributed by atoms with van der Waals surface area (Å²) in [6, 6.07) is 4.78. The molecule has 1 aromatic carbocycles. The third kappa shape index (κ3) is 5.49. The van der Waals surface area contributed by atoms with Crippen LogP contribution in [0.15, 0.2) is 18.2 Å². The van der Waals surface area contributed by atoms with Gasteiger partial charge in [-0.05, 0) is 44.0 Å². The van der Waals surface area contributed by atoms with Crippen molar-refractivity contribution in [1.29, 1.82) is 0 Å². The van der Waals surface area contributed by atoms with Gasteiger partial charge in [-0.2, -0.15) is 13.2 Å². The smallest absolute Gasteiger partial charge is 0.401 e. The summed E-state index contributed by atoms with van der Waals surface area (Å²) < 4.78 is 47.5. The maximum absolute atomic E-state index is 12.4. The van der Waals surface area contributed by atoms with Crippen molar-refractivity contribution < 1.29 is 32.2 Å². The minimum absolute atomic E-state index is 0.0526. The molecule has 2 N–H and O–H groups in total. The zero-order chi connectivity index (χ0) is 19.4. The fourth-order valence-electron chi connectivity index (χ4n) is 3.08. The summed E-state index contributed by atoms with van der Waals surface area (Å²) in [5.41, 5.74) is 0.403. The Balaban J connectivity index is 1.40. The number of hydrogen-bond donors (Lipinski definition) is 2. The molecule has 0 bridgehead atoms. The van der Waals surface area contributed by atoms with Gasteiger partial charge in [-0.25, -0.2) is 0 Å². The summed E-state index contributed by atoms with van der Waals surface area (Å²) in [4.78, 5) is 25.3. The van der Waals surface area contributed by atoms with Gasteiger partial charge >= 0.3 is 18.0 Å². The van der Waals surface area contributed by atoms with Gasteiger partial charge in [0.05, 0.1) is 6.54 Å². The Morgan fingerprint density at radius 2 is 1.81 bits per heavy atom. The molecule has 1 saturated heterocycles. The van der Waals surface area contributed by atoms with Crippen LogP contribution in [0.5, 0.6) is 11.5 Å². The average molecular weight is 387 g/mol. The van der Waals surface area contributed by atoms with Crippen LogP contribution in [-0.2, 0) is 9.59 Å². The second kappa shape index (κ2) is 8.03. The van der Waals surface area contributed by atoms with Crippen molar-refractivity contribution >= 4 is 17.5 Å². The first-order chi connectivity index (χ1) is 12.8. The van der Waals surface area contributed by atoms with E-state index >= 15 is 0 Å². The second-order valence-electron chi connectivity index (χ2n) is 6.57. The van der Waals surface area contributed by atoms with Crippen molar-refractivity contribution in [3.05, 3.63) is 18.2 Å². The minimum Gasteiger partial charge on any atom is -0.454 e. The van der Waals surface area contributed by atoms with Crippen LogP contribution in [0.3, 0.4) is 0 Å². The summed E-state index contributed by atoms with van der Waals surface area (Å²) in [6.45, 7) is 0.0964. The highest BCUT2D eigenvalue weighted by molar-refractivity contribution is 6.39. The number of likely N-dealkylation sites (tertiary alicyclic amines) is 1. The monoisotopic (exact) mass is 387 g/mol. The van der Waals surface area contributed by atoms with Crippen LogP contribution < -0.4 is 20.1 Å². The molecule has 1 fully saturated rings. The van der Waals surface area contributed by atoms with Gasteiger partial charge in [0.1, 0.15) is 0 Å². The number of nitrogens with zero attached hydrogens (tertiary/aromatic N) is 1. The molecule has 0 aliphatic carbocycles. The lowest BCUT2D eigenvalue weighted by Gasteiger charge is -2.32. The van der Waals surface area contributed by atoms with Gasteiger partial charge in [-0.3, -0.25) is 14.5 Å². The predicted octanol–water partition coefficient (Wildman–Crippen LogP) is 1.74. The number of halogens is 3. The SMILES string of the molecule is O=C(NCC1CCN(CC(F)(F)F)CC1)C(=O)Nc1ccc2c(c1)OCO2. The molecule has 2 heterocycles. The lowest BCUT2D eigenvalue weighted by Crippen LogP contribution is -2.44. The lowest BCUT2D eigenvalue weighted by atomic mass is 9.97. The van der Waals surface area contributed by atoms with Crippen LogP contribution in [0.4, 0.5) is 18.9 Å². The highest BCUT2D eigenvalue weighted by Crippen LogP contribution is 2.34. The molecule has 0 saturated carbocycles. The van der Waals surface area contributed by atoms with Crippen molar-refractivity contribution in [3.8, 4) is 11.5 Å². The summed E-state index contributed by atoms with van der Waals surface area (Å²) in [5.74, 6) is -0.501. The zero-order valence-electron chi connectivity index (χ0n) is 14.5.